The number of hydrogen-bond donors (Lipinski definition) is 0. The van der Waals surface area contributed by atoms with Crippen LogP contribution in [-0.4, -0.2) is 4.98 Å². The number of alkyl halides is 2. The molecule has 6 heteroatoms. The van der Waals surface area contributed by atoms with Crippen LogP contribution in [0.4, 0.5) is 13.2 Å². The summed E-state index contributed by atoms with van der Waals surface area (Å²) in [6, 6.07) is 1.69. The van der Waals surface area contributed by atoms with Crippen molar-refractivity contribution in [1.82, 2.24) is 4.98 Å². The van der Waals surface area contributed by atoms with Crippen LogP contribution in [0.2, 0.25) is 0 Å². The Labute approximate surface area is 86.5 Å². The van der Waals surface area contributed by atoms with Gasteiger partial charge in [-0.15, -0.1) is 0 Å². The quantitative estimate of drug-likeness (QED) is 0.771. The van der Waals surface area contributed by atoms with Gasteiger partial charge in [0.15, 0.2) is 0 Å². The smallest absolute Gasteiger partial charge is 0.227 e. The predicted octanol–water partition coefficient (Wildman–Crippen LogP) is 2.99. The molecule has 1 heterocycles. The minimum atomic E-state index is -2.97. The van der Waals surface area contributed by atoms with Crippen molar-refractivity contribution in [3.05, 3.63) is 27.7 Å². The van der Waals surface area contributed by atoms with Crippen LogP contribution in [0.1, 0.15) is 17.6 Å². The third-order valence-electron chi connectivity index (χ3n) is 1.60. The van der Waals surface area contributed by atoms with E-state index in [0.29, 0.717) is 0 Å². The van der Waals surface area contributed by atoms with Crippen molar-refractivity contribution in [3.8, 4) is 6.07 Å². The third-order valence-corrected chi connectivity index (χ3v) is 2.28. The topological polar surface area (TPSA) is 36.7 Å². The van der Waals surface area contributed by atoms with Crippen LogP contribution in [0.25, 0.3) is 0 Å². The molecule has 0 fully saturated rings. The van der Waals surface area contributed by atoms with Crippen molar-refractivity contribution >= 4 is 15.9 Å². The average molecular weight is 265 g/mol. The lowest BCUT2D eigenvalue weighted by Crippen LogP contribution is -2.02. The number of rotatable bonds is 2. The molecular weight excluding hydrogens is 261 g/mol. The monoisotopic (exact) mass is 264 g/mol. The highest BCUT2D eigenvalue weighted by Crippen LogP contribution is 2.29. The van der Waals surface area contributed by atoms with Crippen LogP contribution in [0.15, 0.2) is 10.7 Å². The Morgan fingerprint density at radius 2 is 2.21 bits per heavy atom. The molecule has 0 aliphatic carbocycles. The van der Waals surface area contributed by atoms with Crippen molar-refractivity contribution < 1.29 is 13.2 Å². The zero-order chi connectivity index (χ0) is 10.7. The van der Waals surface area contributed by atoms with E-state index in [4.69, 9.17) is 5.26 Å². The second-order valence-corrected chi connectivity index (χ2v) is 3.28. The molecule has 0 saturated carbocycles. The molecule has 1 aromatic rings. The Morgan fingerprint density at radius 1 is 1.57 bits per heavy atom. The van der Waals surface area contributed by atoms with Gasteiger partial charge in [0.25, 0.3) is 6.43 Å². The summed E-state index contributed by atoms with van der Waals surface area (Å²) in [4.78, 5) is 3.14. The van der Waals surface area contributed by atoms with Crippen molar-refractivity contribution in [1.29, 1.82) is 5.26 Å². The fraction of sp³-hybridized carbons (Fsp3) is 0.250. The molecule has 0 aliphatic heterocycles. The summed E-state index contributed by atoms with van der Waals surface area (Å²) in [6.45, 7) is 0. The molecule has 0 aliphatic rings. The fourth-order valence-corrected chi connectivity index (χ4v) is 1.45. The maximum Gasteiger partial charge on any atom is 0.268 e. The third kappa shape index (κ3) is 2.04. The van der Waals surface area contributed by atoms with Crippen LogP contribution in [0, 0.1) is 17.3 Å². The van der Waals surface area contributed by atoms with E-state index in [0.717, 1.165) is 6.20 Å². The van der Waals surface area contributed by atoms with E-state index in [1.165, 1.54) is 0 Å². The normalized spacial score (nSPS) is 10.3. The number of halogens is 4. The SMILES string of the molecule is N#CCc1c(Br)cnc(F)c1C(F)F. The van der Waals surface area contributed by atoms with Gasteiger partial charge in [0.1, 0.15) is 0 Å². The standard InChI is InChI=1S/C8H4BrF3N2/c9-5-3-14-8(12)6(7(10)11)4(5)1-2-13/h3,7H,1H2. The second-order valence-electron chi connectivity index (χ2n) is 2.42. The molecule has 0 radical (unpaired) electrons. The van der Waals surface area contributed by atoms with E-state index in [2.05, 4.69) is 20.9 Å². The van der Waals surface area contributed by atoms with E-state index in [-0.39, 0.29) is 16.5 Å². The molecule has 0 bridgehead atoms. The van der Waals surface area contributed by atoms with Gasteiger partial charge >= 0.3 is 0 Å². The van der Waals surface area contributed by atoms with Crippen LogP contribution >= 0.6 is 15.9 Å². The van der Waals surface area contributed by atoms with Crippen LogP contribution in [-0.2, 0) is 6.42 Å². The summed E-state index contributed by atoms with van der Waals surface area (Å²) in [5.41, 5.74) is -0.851. The molecule has 0 amide bonds. The molecule has 1 aromatic heterocycles. The van der Waals surface area contributed by atoms with Gasteiger partial charge in [-0.1, -0.05) is 0 Å². The number of nitriles is 1. The van der Waals surface area contributed by atoms with Crippen molar-refractivity contribution in [2.24, 2.45) is 0 Å². The number of nitrogens with zero attached hydrogens (tertiary/aromatic N) is 2. The summed E-state index contributed by atoms with van der Waals surface area (Å²) < 4.78 is 37.9. The van der Waals surface area contributed by atoms with Gasteiger partial charge in [-0.3, -0.25) is 0 Å². The Bertz CT molecular complexity index is 387. The summed E-state index contributed by atoms with van der Waals surface area (Å²) >= 11 is 2.94. The van der Waals surface area contributed by atoms with E-state index >= 15 is 0 Å². The largest absolute Gasteiger partial charge is 0.268 e. The highest BCUT2D eigenvalue weighted by Gasteiger charge is 2.21. The molecule has 74 valence electrons. The lowest BCUT2D eigenvalue weighted by molar-refractivity contribution is 0.144. The molecule has 0 spiro atoms. The average Bonchev–Trinajstić information content (AvgIpc) is 2.11. The molecule has 1 rings (SSSR count). The van der Waals surface area contributed by atoms with Crippen molar-refractivity contribution in [3.63, 3.8) is 0 Å². The summed E-state index contributed by atoms with van der Waals surface area (Å²) in [5.74, 6) is -1.23. The minimum absolute atomic E-state index is 0.0463. The summed E-state index contributed by atoms with van der Waals surface area (Å²) in [7, 11) is 0. The fourth-order valence-electron chi connectivity index (χ4n) is 0.994. The zero-order valence-electron chi connectivity index (χ0n) is 6.77. The first-order chi connectivity index (χ1) is 6.57. The van der Waals surface area contributed by atoms with E-state index in [1.807, 2.05) is 0 Å². The van der Waals surface area contributed by atoms with Gasteiger partial charge in [0.2, 0.25) is 5.95 Å². The maximum absolute atomic E-state index is 12.9. The lowest BCUT2D eigenvalue weighted by atomic mass is 10.1. The van der Waals surface area contributed by atoms with Crippen molar-refractivity contribution in [2.45, 2.75) is 12.8 Å². The first-order valence-corrected chi connectivity index (χ1v) is 4.35. The molecule has 0 N–H and O–H groups in total. The predicted molar refractivity (Wildman–Crippen MR) is 46.2 cm³/mol. The Balaban J connectivity index is 3.35. The molecule has 0 unspecified atom stereocenters. The number of aromatic nitrogens is 1. The van der Waals surface area contributed by atoms with Crippen LogP contribution in [0.5, 0.6) is 0 Å². The highest BCUT2D eigenvalue weighted by molar-refractivity contribution is 9.10. The lowest BCUT2D eigenvalue weighted by Gasteiger charge is -2.07. The Kier molecular flexibility index (Phi) is 3.47. The molecular formula is C8H4BrF3N2. The van der Waals surface area contributed by atoms with Crippen LogP contribution < -0.4 is 0 Å². The summed E-state index contributed by atoms with van der Waals surface area (Å²) in [5, 5.41) is 8.38. The van der Waals surface area contributed by atoms with Crippen molar-refractivity contribution in [2.75, 3.05) is 0 Å². The van der Waals surface area contributed by atoms with E-state index in [1.54, 1.807) is 6.07 Å². The van der Waals surface area contributed by atoms with E-state index in [9.17, 15) is 13.2 Å². The number of hydrogen-bond acceptors (Lipinski definition) is 2. The van der Waals surface area contributed by atoms with E-state index < -0.39 is 17.9 Å². The molecule has 0 saturated heterocycles. The van der Waals surface area contributed by atoms with Gasteiger partial charge in [0.05, 0.1) is 18.1 Å². The minimum Gasteiger partial charge on any atom is -0.227 e. The van der Waals surface area contributed by atoms with Gasteiger partial charge in [-0.05, 0) is 21.5 Å². The molecule has 14 heavy (non-hydrogen) atoms. The Morgan fingerprint density at radius 3 is 2.71 bits per heavy atom. The van der Waals surface area contributed by atoms with Gasteiger partial charge in [-0.25, -0.2) is 13.8 Å². The van der Waals surface area contributed by atoms with Gasteiger partial charge < -0.3 is 0 Å². The Hall–Kier alpha value is -1.09. The van der Waals surface area contributed by atoms with Gasteiger partial charge in [0, 0.05) is 10.7 Å². The second kappa shape index (κ2) is 4.42. The first-order valence-electron chi connectivity index (χ1n) is 3.55. The number of pyridine rings is 1. The van der Waals surface area contributed by atoms with Gasteiger partial charge in [-0.2, -0.15) is 9.65 Å². The highest BCUT2D eigenvalue weighted by atomic mass is 79.9. The molecule has 2 nitrogen and oxygen atoms in total. The molecule has 0 aromatic carbocycles. The zero-order valence-corrected chi connectivity index (χ0v) is 8.35. The summed E-state index contributed by atoms with van der Waals surface area (Å²) in [6.07, 6.45) is -2.18. The maximum atomic E-state index is 12.9. The van der Waals surface area contributed by atoms with Crippen LogP contribution in [0.3, 0.4) is 0 Å². The molecule has 0 atom stereocenters. The first kappa shape index (κ1) is 11.0.